The second kappa shape index (κ2) is 8.08. The van der Waals surface area contributed by atoms with Crippen molar-refractivity contribution in [3.63, 3.8) is 0 Å². The van der Waals surface area contributed by atoms with Gasteiger partial charge in [0, 0.05) is 5.69 Å². The summed E-state index contributed by atoms with van der Waals surface area (Å²) in [4.78, 5) is 12.4. The molecule has 0 heterocycles. The van der Waals surface area contributed by atoms with Gasteiger partial charge in [0.1, 0.15) is 11.6 Å². The van der Waals surface area contributed by atoms with Crippen molar-refractivity contribution < 1.29 is 19.4 Å². The number of carbonyl (C=O) groups is 1. The molecule has 0 fully saturated rings. The second-order valence-corrected chi connectivity index (χ2v) is 5.70. The van der Waals surface area contributed by atoms with E-state index in [-0.39, 0.29) is 22.8 Å². The predicted octanol–water partition coefficient (Wildman–Crippen LogP) is 3.57. The molecule has 0 atom stereocenters. The number of nitrogens with one attached hydrogen (secondary N) is 1. The first-order valence-electron chi connectivity index (χ1n) is 7.85. The molecule has 6 nitrogen and oxygen atoms in total. The molecule has 0 saturated carbocycles. The molecule has 0 aliphatic carbocycles. The molecule has 0 saturated heterocycles. The fourth-order valence-corrected chi connectivity index (χ4v) is 2.33. The summed E-state index contributed by atoms with van der Waals surface area (Å²) < 4.78 is 10.2. The van der Waals surface area contributed by atoms with Crippen LogP contribution in [0.25, 0.3) is 6.08 Å². The first-order chi connectivity index (χ1) is 12.4. The van der Waals surface area contributed by atoms with Gasteiger partial charge in [-0.1, -0.05) is 6.07 Å². The molecule has 2 aromatic carbocycles. The van der Waals surface area contributed by atoms with Crippen molar-refractivity contribution in [2.75, 3.05) is 19.5 Å². The van der Waals surface area contributed by atoms with E-state index in [0.29, 0.717) is 11.3 Å². The minimum Gasteiger partial charge on any atom is -0.502 e. The Bertz CT molecular complexity index is 886. The van der Waals surface area contributed by atoms with E-state index in [1.807, 2.05) is 32.0 Å². The lowest BCUT2D eigenvalue weighted by Gasteiger charge is -2.10. The molecule has 0 unspecified atom stereocenters. The van der Waals surface area contributed by atoms with Crippen LogP contribution in [0.1, 0.15) is 16.7 Å². The maximum Gasteiger partial charge on any atom is 0.266 e. The predicted molar refractivity (Wildman–Crippen MR) is 99.3 cm³/mol. The lowest BCUT2D eigenvalue weighted by Crippen LogP contribution is -2.13. The van der Waals surface area contributed by atoms with E-state index >= 15 is 0 Å². The molecule has 26 heavy (non-hydrogen) atoms. The number of anilines is 1. The molecule has 0 aliphatic rings. The SMILES string of the molecule is COc1cc(/C=C(\C#N)C(=O)Nc2ccc(C)c(C)c2)cc(OC)c1O. The number of phenolic OH excluding ortho intramolecular Hbond substituents is 1. The van der Waals surface area contributed by atoms with Gasteiger partial charge in [-0.2, -0.15) is 5.26 Å². The number of hydrogen-bond acceptors (Lipinski definition) is 5. The Morgan fingerprint density at radius 3 is 2.23 bits per heavy atom. The van der Waals surface area contributed by atoms with Crippen LogP contribution < -0.4 is 14.8 Å². The number of phenols is 1. The van der Waals surface area contributed by atoms with Gasteiger partial charge >= 0.3 is 0 Å². The van der Waals surface area contributed by atoms with E-state index < -0.39 is 5.91 Å². The van der Waals surface area contributed by atoms with E-state index in [1.54, 1.807) is 6.07 Å². The van der Waals surface area contributed by atoms with E-state index in [9.17, 15) is 15.2 Å². The molecule has 134 valence electrons. The summed E-state index contributed by atoms with van der Waals surface area (Å²) in [5, 5.41) is 22.0. The Morgan fingerprint density at radius 2 is 1.73 bits per heavy atom. The average Bonchev–Trinajstić information content (AvgIpc) is 2.63. The van der Waals surface area contributed by atoms with Crippen LogP contribution in [0.4, 0.5) is 5.69 Å². The van der Waals surface area contributed by atoms with E-state index in [4.69, 9.17) is 9.47 Å². The maximum absolute atomic E-state index is 12.4. The molecule has 2 aromatic rings. The highest BCUT2D eigenvalue weighted by Gasteiger charge is 2.14. The maximum atomic E-state index is 12.4. The van der Waals surface area contributed by atoms with Crippen molar-refractivity contribution in [2.24, 2.45) is 0 Å². The van der Waals surface area contributed by atoms with Gasteiger partial charge in [0.2, 0.25) is 5.75 Å². The summed E-state index contributed by atoms with van der Waals surface area (Å²) >= 11 is 0. The quantitative estimate of drug-likeness (QED) is 0.634. The molecule has 2 rings (SSSR count). The van der Waals surface area contributed by atoms with Crippen molar-refractivity contribution in [3.05, 3.63) is 52.6 Å². The van der Waals surface area contributed by atoms with Gasteiger partial charge in [0.25, 0.3) is 5.91 Å². The van der Waals surface area contributed by atoms with E-state index in [1.165, 1.54) is 32.4 Å². The van der Waals surface area contributed by atoms with Gasteiger partial charge in [0.15, 0.2) is 11.5 Å². The zero-order valence-corrected chi connectivity index (χ0v) is 15.1. The molecule has 0 aliphatic heterocycles. The number of aromatic hydroxyl groups is 1. The molecule has 0 spiro atoms. The van der Waals surface area contributed by atoms with Crippen molar-refractivity contribution in [1.82, 2.24) is 0 Å². The Kier molecular flexibility index (Phi) is 5.86. The average molecular weight is 352 g/mol. The summed E-state index contributed by atoms with van der Waals surface area (Å²) in [6.45, 7) is 3.92. The first kappa shape index (κ1) is 18.9. The van der Waals surface area contributed by atoms with Crippen molar-refractivity contribution in [2.45, 2.75) is 13.8 Å². The van der Waals surface area contributed by atoms with Gasteiger partial charge in [-0.25, -0.2) is 0 Å². The summed E-state index contributed by atoms with van der Waals surface area (Å²) in [5.74, 6) is -0.308. The molecule has 0 bridgehead atoms. The van der Waals surface area contributed by atoms with Crippen LogP contribution in [0.2, 0.25) is 0 Å². The van der Waals surface area contributed by atoms with Crippen LogP contribution >= 0.6 is 0 Å². The molecular weight excluding hydrogens is 332 g/mol. The molecular formula is C20H20N2O4. The van der Waals surface area contributed by atoms with Crippen LogP contribution in [0.15, 0.2) is 35.9 Å². The molecule has 0 aromatic heterocycles. The Balaban J connectivity index is 2.33. The Hall–Kier alpha value is -3.46. The normalized spacial score (nSPS) is 10.8. The first-order valence-corrected chi connectivity index (χ1v) is 7.85. The van der Waals surface area contributed by atoms with Gasteiger partial charge in [0.05, 0.1) is 14.2 Å². The van der Waals surface area contributed by atoms with Crippen LogP contribution in [-0.4, -0.2) is 25.2 Å². The van der Waals surface area contributed by atoms with E-state index in [0.717, 1.165) is 11.1 Å². The van der Waals surface area contributed by atoms with Crippen molar-refractivity contribution in [3.8, 4) is 23.3 Å². The zero-order chi connectivity index (χ0) is 19.3. The van der Waals surface area contributed by atoms with Crippen molar-refractivity contribution >= 4 is 17.7 Å². The number of amides is 1. The monoisotopic (exact) mass is 352 g/mol. The van der Waals surface area contributed by atoms with Crippen LogP contribution in [0.5, 0.6) is 17.2 Å². The topological polar surface area (TPSA) is 91.6 Å². The van der Waals surface area contributed by atoms with Crippen LogP contribution in [0.3, 0.4) is 0 Å². The number of aryl methyl sites for hydroxylation is 2. The third-order valence-electron chi connectivity index (χ3n) is 3.94. The minimum absolute atomic E-state index is 0.0852. The lowest BCUT2D eigenvalue weighted by atomic mass is 10.1. The standard InChI is InChI=1S/C20H20N2O4/c1-12-5-6-16(7-13(12)2)22-20(24)15(11-21)8-14-9-17(25-3)19(23)18(10-14)26-4/h5-10,23H,1-4H3,(H,22,24)/b15-8+. The van der Waals surface area contributed by atoms with Crippen LogP contribution in [-0.2, 0) is 4.79 Å². The molecule has 2 N–H and O–H groups in total. The summed E-state index contributed by atoms with van der Waals surface area (Å²) in [6.07, 6.45) is 1.40. The van der Waals surface area contributed by atoms with Gasteiger partial charge in [-0.05, 0) is 60.9 Å². The third-order valence-corrected chi connectivity index (χ3v) is 3.94. The lowest BCUT2D eigenvalue weighted by molar-refractivity contribution is -0.112. The van der Waals surface area contributed by atoms with Crippen LogP contribution in [0, 0.1) is 25.2 Å². The van der Waals surface area contributed by atoms with Crippen molar-refractivity contribution in [1.29, 1.82) is 5.26 Å². The number of ether oxygens (including phenoxy) is 2. The molecule has 1 amide bonds. The number of hydrogen-bond donors (Lipinski definition) is 2. The zero-order valence-electron chi connectivity index (χ0n) is 15.1. The number of methoxy groups -OCH3 is 2. The van der Waals surface area contributed by atoms with Gasteiger partial charge < -0.3 is 19.9 Å². The third kappa shape index (κ3) is 4.14. The van der Waals surface area contributed by atoms with E-state index in [2.05, 4.69) is 5.32 Å². The number of nitriles is 1. The highest BCUT2D eigenvalue weighted by Crippen LogP contribution is 2.37. The smallest absolute Gasteiger partial charge is 0.266 e. The molecule has 6 heteroatoms. The summed E-state index contributed by atoms with van der Waals surface area (Å²) in [7, 11) is 2.80. The highest BCUT2D eigenvalue weighted by molar-refractivity contribution is 6.09. The molecule has 0 radical (unpaired) electrons. The number of rotatable bonds is 5. The minimum atomic E-state index is -0.526. The Labute approximate surface area is 152 Å². The second-order valence-electron chi connectivity index (χ2n) is 5.70. The summed E-state index contributed by atoms with van der Waals surface area (Å²) in [5.41, 5.74) is 3.17. The number of benzene rings is 2. The Morgan fingerprint density at radius 1 is 1.12 bits per heavy atom. The number of carbonyl (C=O) groups excluding carboxylic acids is 1. The largest absolute Gasteiger partial charge is 0.502 e. The summed E-state index contributed by atoms with van der Waals surface area (Å²) in [6, 6.07) is 10.4. The highest BCUT2D eigenvalue weighted by atomic mass is 16.5. The fourth-order valence-electron chi connectivity index (χ4n) is 2.33. The van der Waals surface area contributed by atoms with Gasteiger partial charge in [-0.15, -0.1) is 0 Å². The number of nitrogens with zero attached hydrogens (tertiary/aromatic N) is 1. The van der Waals surface area contributed by atoms with Gasteiger partial charge in [-0.3, -0.25) is 4.79 Å². The fraction of sp³-hybridized carbons (Fsp3) is 0.200.